The maximum atomic E-state index is 3.55. The Morgan fingerprint density at radius 2 is 2.07 bits per heavy atom. The highest BCUT2D eigenvalue weighted by Crippen LogP contribution is 2.22. The maximum absolute atomic E-state index is 3.55. The van der Waals surface area contributed by atoms with Gasteiger partial charge < -0.3 is 10.2 Å². The summed E-state index contributed by atoms with van der Waals surface area (Å²) in [5.41, 5.74) is 0.274. The second-order valence-electron chi connectivity index (χ2n) is 5.59. The number of rotatable bonds is 6. The van der Waals surface area contributed by atoms with Crippen molar-refractivity contribution in [2.45, 2.75) is 52.5 Å². The van der Waals surface area contributed by atoms with Gasteiger partial charge in [-0.05, 0) is 45.7 Å². The fourth-order valence-electron chi connectivity index (χ4n) is 2.79. The smallest absolute Gasteiger partial charge is 0.0252 e. The summed E-state index contributed by atoms with van der Waals surface area (Å²) in [5.74, 6) is 0.965. The zero-order chi connectivity index (χ0) is 11.3. The number of hydrogen-bond acceptors (Lipinski definition) is 2. The Balaban J connectivity index is 2.28. The maximum Gasteiger partial charge on any atom is 0.0252 e. The fraction of sp³-hybridized carbons (Fsp3) is 1.00. The average Bonchev–Trinajstić information content (AvgIpc) is 2.52. The van der Waals surface area contributed by atoms with Crippen molar-refractivity contribution in [2.24, 2.45) is 5.92 Å². The van der Waals surface area contributed by atoms with Crippen LogP contribution in [0.1, 0.15) is 47.0 Å². The monoisotopic (exact) mass is 212 g/mol. The minimum Gasteiger partial charge on any atom is -0.311 e. The van der Waals surface area contributed by atoms with Gasteiger partial charge in [0.25, 0.3) is 0 Å². The largest absolute Gasteiger partial charge is 0.311 e. The number of nitrogens with one attached hydrogen (secondary N) is 1. The van der Waals surface area contributed by atoms with Crippen molar-refractivity contribution in [1.82, 2.24) is 10.2 Å². The van der Waals surface area contributed by atoms with Gasteiger partial charge >= 0.3 is 0 Å². The third kappa shape index (κ3) is 4.52. The summed E-state index contributed by atoms with van der Waals surface area (Å²) in [6.07, 6.45) is 4.17. The molecule has 0 saturated carbocycles. The van der Waals surface area contributed by atoms with E-state index in [1.54, 1.807) is 0 Å². The Bertz CT molecular complexity index is 177. The lowest BCUT2D eigenvalue weighted by Gasteiger charge is -2.31. The van der Waals surface area contributed by atoms with E-state index in [2.05, 4.69) is 37.9 Å². The lowest BCUT2D eigenvalue weighted by Crippen LogP contribution is -2.48. The van der Waals surface area contributed by atoms with E-state index in [1.807, 2.05) is 0 Å². The normalized spacial score (nSPS) is 23.6. The molecule has 1 saturated heterocycles. The quantitative estimate of drug-likeness (QED) is 0.728. The molecule has 1 N–H and O–H groups in total. The number of nitrogens with zero attached hydrogens (tertiary/aromatic N) is 1. The first-order chi connectivity index (χ1) is 7.07. The van der Waals surface area contributed by atoms with E-state index < -0.39 is 0 Å². The van der Waals surface area contributed by atoms with Gasteiger partial charge in [-0.25, -0.2) is 0 Å². The molecule has 1 fully saturated rings. The van der Waals surface area contributed by atoms with Crippen LogP contribution in [0.4, 0.5) is 0 Å². The van der Waals surface area contributed by atoms with Crippen molar-refractivity contribution in [3.8, 4) is 0 Å². The van der Waals surface area contributed by atoms with Gasteiger partial charge in [0.2, 0.25) is 0 Å². The summed E-state index contributed by atoms with van der Waals surface area (Å²) in [6, 6.07) is 0. The lowest BCUT2D eigenvalue weighted by atomic mass is 10.0. The molecule has 90 valence electrons. The van der Waals surface area contributed by atoms with E-state index in [9.17, 15) is 0 Å². The van der Waals surface area contributed by atoms with Gasteiger partial charge in [-0.3, -0.25) is 0 Å². The van der Waals surface area contributed by atoms with Crippen molar-refractivity contribution in [3.63, 3.8) is 0 Å². The van der Waals surface area contributed by atoms with E-state index in [0.717, 1.165) is 12.5 Å². The second kappa shape index (κ2) is 5.86. The molecule has 1 atom stereocenters. The summed E-state index contributed by atoms with van der Waals surface area (Å²) in [4.78, 5) is 2.63. The zero-order valence-corrected chi connectivity index (χ0v) is 11.0. The molecule has 0 aliphatic carbocycles. The van der Waals surface area contributed by atoms with Crippen LogP contribution in [-0.4, -0.2) is 36.6 Å². The third-order valence-corrected chi connectivity index (χ3v) is 3.34. The molecule has 1 aliphatic heterocycles. The van der Waals surface area contributed by atoms with Crippen LogP contribution in [-0.2, 0) is 0 Å². The molecule has 15 heavy (non-hydrogen) atoms. The SMILES string of the molecule is CCCC1CCN(CC(C)(C)NCC)C1. The van der Waals surface area contributed by atoms with Crippen molar-refractivity contribution < 1.29 is 0 Å². The van der Waals surface area contributed by atoms with Crippen LogP contribution in [0, 0.1) is 5.92 Å². The van der Waals surface area contributed by atoms with Crippen LogP contribution in [0.3, 0.4) is 0 Å². The molecule has 0 spiro atoms. The van der Waals surface area contributed by atoms with Gasteiger partial charge in [-0.15, -0.1) is 0 Å². The van der Waals surface area contributed by atoms with E-state index in [0.29, 0.717) is 0 Å². The van der Waals surface area contributed by atoms with E-state index in [-0.39, 0.29) is 5.54 Å². The molecule has 1 unspecified atom stereocenters. The van der Waals surface area contributed by atoms with Gasteiger partial charge in [0.05, 0.1) is 0 Å². The van der Waals surface area contributed by atoms with E-state index in [1.165, 1.54) is 38.9 Å². The van der Waals surface area contributed by atoms with Gasteiger partial charge in [-0.1, -0.05) is 20.3 Å². The first-order valence-corrected chi connectivity index (χ1v) is 6.54. The molecular weight excluding hydrogens is 184 g/mol. The molecule has 1 heterocycles. The fourth-order valence-corrected chi connectivity index (χ4v) is 2.79. The first-order valence-electron chi connectivity index (χ1n) is 6.54. The summed E-state index contributed by atoms with van der Waals surface area (Å²) in [5, 5.41) is 3.55. The Morgan fingerprint density at radius 3 is 2.67 bits per heavy atom. The summed E-state index contributed by atoms with van der Waals surface area (Å²) >= 11 is 0. The molecule has 0 radical (unpaired) electrons. The molecule has 1 aliphatic rings. The van der Waals surface area contributed by atoms with Crippen LogP contribution in [0.2, 0.25) is 0 Å². The minimum atomic E-state index is 0.274. The highest BCUT2D eigenvalue weighted by molar-refractivity contribution is 4.85. The van der Waals surface area contributed by atoms with Gasteiger partial charge in [0.15, 0.2) is 0 Å². The molecule has 2 nitrogen and oxygen atoms in total. The second-order valence-corrected chi connectivity index (χ2v) is 5.59. The van der Waals surface area contributed by atoms with Crippen molar-refractivity contribution in [2.75, 3.05) is 26.2 Å². The summed E-state index contributed by atoms with van der Waals surface area (Å²) in [6.45, 7) is 14.0. The number of likely N-dealkylation sites (tertiary alicyclic amines) is 1. The average molecular weight is 212 g/mol. The number of hydrogen-bond donors (Lipinski definition) is 1. The standard InChI is InChI=1S/C13H28N2/c1-5-7-12-8-9-15(10-12)11-13(3,4)14-6-2/h12,14H,5-11H2,1-4H3. The van der Waals surface area contributed by atoms with Gasteiger partial charge in [-0.2, -0.15) is 0 Å². The highest BCUT2D eigenvalue weighted by Gasteiger charge is 2.26. The van der Waals surface area contributed by atoms with Crippen molar-refractivity contribution >= 4 is 0 Å². The number of likely N-dealkylation sites (N-methyl/N-ethyl adjacent to an activating group) is 1. The molecule has 1 rings (SSSR count). The molecular formula is C13H28N2. The van der Waals surface area contributed by atoms with Crippen LogP contribution >= 0.6 is 0 Å². The third-order valence-electron chi connectivity index (χ3n) is 3.34. The summed E-state index contributed by atoms with van der Waals surface area (Å²) in [7, 11) is 0. The predicted molar refractivity (Wildman–Crippen MR) is 67.2 cm³/mol. The van der Waals surface area contributed by atoms with Gasteiger partial charge in [0.1, 0.15) is 0 Å². The van der Waals surface area contributed by atoms with E-state index in [4.69, 9.17) is 0 Å². The lowest BCUT2D eigenvalue weighted by molar-refractivity contribution is 0.230. The van der Waals surface area contributed by atoms with Crippen molar-refractivity contribution in [3.05, 3.63) is 0 Å². The topological polar surface area (TPSA) is 15.3 Å². The Hall–Kier alpha value is -0.0800. The Labute approximate surface area is 95.4 Å². The van der Waals surface area contributed by atoms with Crippen LogP contribution in [0.5, 0.6) is 0 Å². The predicted octanol–water partition coefficient (Wildman–Crippen LogP) is 2.50. The highest BCUT2D eigenvalue weighted by atomic mass is 15.2. The van der Waals surface area contributed by atoms with Crippen LogP contribution in [0.15, 0.2) is 0 Å². The summed E-state index contributed by atoms with van der Waals surface area (Å²) < 4.78 is 0. The molecule has 0 aromatic heterocycles. The molecule has 0 amide bonds. The molecule has 2 heteroatoms. The first kappa shape index (κ1) is 13.0. The van der Waals surface area contributed by atoms with Crippen molar-refractivity contribution in [1.29, 1.82) is 0 Å². The Kier molecular flexibility index (Phi) is 5.07. The molecule has 0 aromatic carbocycles. The van der Waals surface area contributed by atoms with Gasteiger partial charge in [0, 0.05) is 18.6 Å². The molecule has 0 aromatic rings. The zero-order valence-electron chi connectivity index (χ0n) is 11.0. The Morgan fingerprint density at radius 1 is 1.33 bits per heavy atom. The van der Waals surface area contributed by atoms with Crippen LogP contribution < -0.4 is 5.32 Å². The molecule has 0 bridgehead atoms. The minimum absolute atomic E-state index is 0.274. The van der Waals surface area contributed by atoms with E-state index >= 15 is 0 Å². The van der Waals surface area contributed by atoms with Crippen LogP contribution in [0.25, 0.3) is 0 Å².